The van der Waals surface area contributed by atoms with Crippen LogP contribution < -0.4 is 10.6 Å². The smallest absolute Gasteiger partial charge is 0.191 e. The Labute approximate surface area is 199 Å². The average molecular weight is 450 g/mol. The number of guanidine groups is 1. The van der Waals surface area contributed by atoms with E-state index < -0.39 is 0 Å². The highest BCUT2D eigenvalue weighted by atomic mass is 16.5. The molecule has 4 rings (SSSR count). The monoisotopic (exact) mass is 449 g/mol. The third kappa shape index (κ3) is 7.03. The fourth-order valence-electron chi connectivity index (χ4n) is 4.86. The zero-order valence-corrected chi connectivity index (χ0v) is 20.2. The lowest BCUT2D eigenvalue weighted by molar-refractivity contribution is 0.0341. The van der Waals surface area contributed by atoms with E-state index in [1.165, 1.54) is 16.7 Å². The van der Waals surface area contributed by atoms with Gasteiger partial charge in [0.1, 0.15) is 0 Å². The van der Waals surface area contributed by atoms with Crippen molar-refractivity contribution in [2.24, 2.45) is 4.99 Å². The van der Waals surface area contributed by atoms with Crippen molar-refractivity contribution in [3.8, 4) is 0 Å². The molecule has 2 fully saturated rings. The van der Waals surface area contributed by atoms with Gasteiger partial charge in [-0.15, -0.1) is 0 Å². The van der Waals surface area contributed by atoms with Crippen LogP contribution >= 0.6 is 0 Å². The molecule has 6 heteroatoms. The molecule has 0 radical (unpaired) electrons. The van der Waals surface area contributed by atoms with Crippen molar-refractivity contribution in [3.05, 3.63) is 71.3 Å². The van der Waals surface area contributed by atoms with E-state index >= 15 is 0 Å². The third-order valence-corrected chi connectivity index (χ3v) is 6.87. The van der Waals surface area contributed by atoms with Crippen LogP contribution in [-0.4, -0.2) is 67.7 Å². The largest absolute Gasteiger partial charge is 0.379 e. The second-order valence-electron chi connectivity index (χ2n) is 9.25. The highest BCUT2D eigenvalue weighted by Crippen LogP contribution is 2.20. The summed E-state index contributed by atoms with van der Waals surface area (Å²) in [5.41, 5.74) is 4.10. The lowest BCUT2D eigenvalue weighted by Crippen LogP contribution is -2.51. The van der Waals surface area contributed by atoms with Crippen molar-refractivity contribution in [2.45, 2.75) is 51.5 Å². The van der Waals surface area contributed by atoms with Gasteiger partial charge in [0.2, 0.25) is 0 Å². The molecule has 0 saturated carbocycles. The number of hydrogen-bond donors (Lipinski definition) is 2. The number of benzene rings is 2. The van der Waals surface area contributed by atoms with Crippen molar-refractivity contribution in [1.29, 1.82) is 0 Å². The normalized spacial score (nSPS) is 22.8. The molecule has 0 aromatic heterocycles. The average Bonchev–Trinajstić information content (AvgIpc) is 2.85. The molecule has 2 aromatic carbocycles. The highest BCUT2D eigenvalue weighted by Gasteiger charge is 2.26. The first-order chi connectivity index (χ1) is 16.2. The Morgan fingerprint density at radius 3 is 2.42 bits per heavy atom. The number of aliphatic imine (C=N–C) groups is 1. The van der Waals surface area contributed by atoms with Gasteiger partial charge in [0.15, 0.2) is 5.96 Å². The van der Waals surface area contributed by atoms with E-state index in [4.69, 9.17) is 4.74 Å². The van der Waals surface area contributed by atoms with Gasteiger partial charge in [-0.25, -0.2) is 0 Å². The Morgan fingerprint density at radius 2 is 1.70 bits per heavy atom. The number of nitrogens with one attached hydrogen (secondary N) is 2. The maximum absolute atomic E-state index is 5.50. The Hall–Kier alpha value is -2.41. The first-order valence-electron chi connectivity index (χ1n) is 12.3. The number of morpholine rings is 1. The fraction of sp³-hybridized carbons (Fsp3) is 0.519. The second kappa shape index (κ2) is 12.2. The quantitative estimate of drug-likeness (QED) is 0.502. The van der Waals surface area contributed by atoms with Crippen molar-refractivity contribution >= 4 is 5.96 Å². The SMILES string of the molecule is CN=C(NCc1ccccc1CN1CCOCC1)NC1CCN(Cc2ccccc2)C(C)C1. The molecule has 2 aliphatic rings. The summed E-state index contributed by atoms with van der Waals surface area (Å²) >= 11 is 0. The Balaban J connectivity index is 1.26. The number of ether oxygens (including phenoxy) is 1. The third-order valence-electron chi connectivity index (χ3n) is 6.87. The number of hydrogen-bond acceptors (Lipinski definition) is 4. The molecule has 0 amide bonds. The maximum atomic E-state index is 5.50. The molecule has 0 bridgehead atoms. The van der Waals surface area contributed by atoms with Gasteiger partial charge in [-0.3, -0.25) is 14.8 Å². The molecule has 6 nitrogen and oxygen atoms in total. The molecular weight excluding hydrogens is 410 g/mol. The molecule has 2 aromatic rings. The molecule has 2 N–H and O–H groups in total. The summed E-state index contributed by atoms with van der Waals surface area (Å²) in [6, 6.07) is 20.5. The Morgan fingerprint density at radius 1 is 0.970 bits per heavy atom. The summed E-state index contributed by atoms with van der Waals surface area (Å²) in [5.74, 6) is 0.893. The maximum Gasteiger partial charge on any atom is 0.191 e. The number of likely N-dealkylation sites (tertiary alicyclic amines) is 1. The molecule has 0 spiro atoms. The molecule has 2 aliphatic heterocycles. The predicted octanol–water partition coefficient (Wildman–Crippen LogP) is 3.24. The topological polar surface area (TPSA) is 52.1 Å². The van der Waals surface area contributed by atoms with E-state index in [0.717, 1.165) is 71.3 Å². The minimum absolute atomic E-state index is 0.446. The van der Waals surface area contributed by atoms with Crippen LogP contribution in [0.2, 0.25) is 0 Å². The van der Waals surface area contributed by atoms with E-state index in [1.54, 1.807) is 0 Å². The van der Waals surface area contributed by atoms with Crippen molar-refractivity contribution in [2.75, 3.05) is 39.9 Å². The van der Waals surface area contributed by atoms with Crippen LogP contribution in [0.15, 0.2) is 59.6 Å². The van der Waals surface area contributed by atoms with E-state index in [9.17, 15) is 0 Å². The lowest BCUT2D eigenvalue weighted by Gasteiger charge is -2.38. The van der Waals surface area contributed by atoms with Crippen LogP contribution in [-0.2, 0) is 24.4 Å². The lowest BCUT2D eigenvalue weighted by atomic mass is 9.97. The Kier molecular flexibility index (Phi) is 8.75. The van der Waals surface area contributed by atoms with E-state index in [0.29, 0.717) is 12.1 Å². The number of nitrogens with zero attached hydrogens (tertiary/aromatic N) is 3. The van der Waals surface area contributed by atoms with Crippen LogP contribution in [0.3, 0.4) is 0 Å². The van der Waals surface area contributed by atoms with Crippen molar-refractivity contribution in [3.63, 3.8) is 0 Å². The van der Waals surface area contributed by atoms with Gasteiger partial charge in [-0.1, -0.05) is 54.6 Å². The molecule has 2 unspecified atom stereocenters. The van der Waals surface area contributed by atoms with Gasteiger partial charge in [0.05, 0.1) is 13.2 Å². The fourth-order valence-corrected chi connectivity index (χ4v) is 4.86. The van der Waals surface area contributed by atoms with Gasteiger partial charge in [0.25, 0.3) is 0 Å². The predicted molar refractivity (Wildman–Crippen MR) is 135 cm³/mol. The number of rotatable bonds is 7. The van der Waals surface area contributed by atoms with Crippen molar-refractivity contribution < 1.29 is 4.74 Å². The van der Waals surface area contributed by atoms with Crippen LogP contribution in [0.25, 0.3) is 0 Å². The zero-order valence-electron chi connectivity index (χ0n) is 20.2. The summed E-state index contributed by atoms with van der Waals surface area (Å²) in [6.45, 7) is 9.91. The second-order valence-corrected chi connectivity index (χ2v) is 9.25. The first-order valence-corrected chi connectivity index (χ1v) is 12.3. The summed E-state index contributed by atoms with van der Waals surface area (Å²) < 4.78 is 5.50. The molecule has 2 saturated heterocycles. The first kappa shape index (κ1) is 23.7. The van der Waals surface area contributed by atoms with E-state index in [1.807, 2.05) is 7.05 Å². The summed E-state index contributed by atoms with van der Waals surface area (Å²) in [7, 11) is 1.86. The van der Waals surface area contributed by atoms with Crippen LogP contribution in [0.4, 0.5) is 0 Å². The van der Waals surface area contributed by atoms with Crippen LogP contribution in [0.1, 0.15) is 36.5 Å². The van der Waals surface area contributed by atoms with Crippen molar-refractivity contribution in [1.82, 2.24) is 20.4 Å². The standard InChI is InChI=1S/C27H39N5O/c1-22-18-26(12-13-32(22)20-23-8-4-3-5-9-23)30-27(28-2)29-19-24-10-6-7-11-25(24)21-31-14-16-33-17-15-31/h3-11,22,26H,12-21H2,1-2H3,(H2,28,29,30). The van der Waals surface area contributed by atoms with Crippen LogP contribution in [0, 0.1) is 0 Å². The summed E-state index contributed by atoms with van der Waals surface area (Å²) in [6.07, 6.45) is 2.26. The Bertz CT molecular complexity index is 881. The van der Waals surface area contributed by atoms with E-state index in [-0.39, 0.29) is 0 Å². The molecule has 2 heterocycles. The minimum Gasteiger partial charge on any atom is -0.379 e. The summed E-state index contributed by atoms with van der Waals surface area (Å²) in [5, 5.41) is 7.24. The van der Waals surface area contributed by atoms with Gasteiger partial charge in [0, 0.05) is 58.4 Å². The van der Waals surface area contributed by atoms with Crippen LogP contribution in [0.5, 0.6) is 0 Å². The highest BCUT2D eigenvalue weighted by molar-refractivity contribution is 5.80. The minimum atomic E-state index is 0.446. The molecule has 2 atom stereocenters. The van der Waals surface area contributed by atoms with Gasteiger partial charge >= 0.3 is 0 Å². The van der Waals surface area contributed by atoms with Gasteiger partial charge < -0.3 is 15.4 Å². The molecular formula is C27H39N5O. The summed E-state index contributed by atoms with van der Waals surface area (Å²) in [4.78, 5) is 9.57. The zero-order chi connectivity index (χ0) is 22.9. The van der Waals surface area contributed by atoms with E-state index in [2.05, 4.69) is 86.9 Å². The number of piperidine rings is 1. The molecule has 0 aliphatic carbocycles. The van der Waals surface area contributed by atoms with Gasteiger partial charge in [-0.05, 0) is 36.5 Å². The molecule has 33 heavy (non-hydrogen) atoms. The van der Waals surface area contributed by atoms with Gasteiger partial charge in [-0.2, -0.15) is 0 Å². The molecule has 178 valence electrons.